The number of hydrogen-bond donors (Lipinski definition) is 1. The average molecular weight is 183 g/mol. The van der Waals surface area contributed by atoms with Crippen molar-refractivity contribution >= 4 is 22.2 Å². The van der Waals surface area contributed by atoms with E-state index in [2.05, 4.69) is 12.2 Å². The summed E-state index contributed by atoms with van der Waals surface area (Å²) in [5.41, 5.74) is 0. The summed E-state index contributed by atoms with van der Waals surface area (Å²) in [6.45, 7) is 2.08. The van der Waals surface area contributed by atoms with E-state index in [0.29, 0.717) is 6.42 Å². The molecule has 0 aliphatic rings. The molecule has 0 radical (unpaired) electrons. The Hall–Kier alpha value is -0.830. The van der Waals surface area contributed by atoms with Gasteiger partial charge in [-0.2, -0.15) is 0 Å². The maximum absolute atomic E-state index is 11.2. The van der Waals surface area contributed by atoms with Gasteiger partial charge in [0.1, 0.15) is 0 Å². The van der Waals surface area contributed by atoms with Crippen LogP contribution in [0, 0.1) is 0 Å². The molecule has 1 aromatic rings. The van der Waals surface area contributed by atoms with Crippen molar-refractivity contribution in [3.63, 3.8) is 0 Å². The van der Waals surface area contributed by atoms with E-state index in [4.69, 9.17) is 0 Å². The fraction of sp³-hybridized carbons (Fsp3) is 0.444. The SMILES string of the molecule is CCCCC(=O)Nc1cccs1. The van der Waals surface area contributed by atoms with Crippen molar-refractivity contribution in [1.82, 2.24) is 0 Å². The molecule has 2 nitrogen and oxygen atoms in total. The number of hydrogen-bond acceptors (Lipinski definition) is 2. The predicted octanol–water partition coefficient (Wildman–Crippen LogP) is 2.88. The highest BCUT2D eigenvalue weighted by molar-refractivity contribution is 7.14. The Morgan fingerprint density at radius 2 is 2.50 bits per heavy atom. The summed E-state index contributed by atoms with van der Waals surface area (Å²) in [6.07, 6.45) is 2.67. The molecule has 1 heterocycles. The van der Waals surface area contributed by atoms with Gasteiger partial charge in [0, 0.05) is 6.42 Å². The lowest BCUT2D eigenvalue weighted by atomic mass is 10.2. The standard InChI is InChI=1S/C9H13NOS/c1-2-3-5-8(11)10-9-6-4-7-12-9/h4,6-7H,2-3,5H2,1H3,(H,10,11). The minimum atomic E-state index is 0.124. The molecule has 0 spiro atoms. The summed E-state index contributed by atoms with van der Waals surface area (Å²) in [6, 6.07) is 3.84. The lowest BCUT2D eigenvalue weighted by Gasteiger charge is -1.99. The third-order valence-corrected chi connectivity index (χ3v) is 2.33. The van der Waals surface area contributed by atoms with Crippen LogP contribution < -0.4 is 5.32 Å². The van der Waals surface area contributed by atoms with Crippen LogP contribution in [0.15, 0.2) is 17.5 Å². The quantitative estimate of drug-likeness (QED) is 0.764. The minimum Gasteiger partial charge on any atom is -0.318 e. The molecule has 1 aromatic heterocycles. The van der Waals surface area contributed by atoms with Gasteiger partial charge in [0.25, 0.3) is 0 Å². The van der Waals surface area contributed by atoms with E-state index in [9.17, 15) is 4.79 Å². The molecule has 0 aromatic carbocycles. The van der Waals surface area contributed by atoms with Gasteiger partial charge in [0.15, 0.2) is 0 Å². The van der Waals surface area contributed by atoms with Crippen LogP contribution in [0.25, 0.3) is 0 Å². The van der Waals surface area contributed by atoms with E-state index in [-0.39, 0.29) is 5.91 Å². The molecule has 1 N–H and O–H groups in total. The van der Waals surface area contributed by atoms with Crippen molar-refractivity contribution in [2.75, 3.05) is 5.32 Å². The van der Waals surface area contributed by atoms with E-state index in [1.54, 1.807) is 11.3 Å². The molecule has 1 rings (SSSR count). The van der Waals surface area contributed by atoms with E-state index < -0.39 is 0 Å². The molecular weight excluding hydrogens is 170 g/mol. The Bertz CT molecular complexity index is 231. The second-order valence-electron chi connectivity index (χ2n) is 2.63. The van der Waals surface area contributed by atoms with Crippen LogP contribution in [0.1, 0.15) is 26.2 Å². The lowest BCUT2D eigenvalue weighted by Crippen LogP contribution is -2.09. The molecule has 0 bridgehead atoms. The Kier molecular flexibility index (Phi) is 3.80. The summed E-state index contributed by atoms with van der Waals surface area (Å²) in [5.74, 6) is 0.124. The molecular formula is C9H13NOS. The van der Waals surface area contributed by atoms with Crippen LogP contribution in [-0.4, -0.2) is 5.91 Å². The normalized spacial score (nSPS) is 9.75. The van der Waals surface area contributed by atoms with Crippen molar-refractivity contribution in [3.8, 4) is 0 Å². The van der Waals surface area contributed by atoms with E-state index in [1.807, 2.05) is 17.5 Å². The Labute approximate surface area is 76.6 Å². The molecule has 0 atom stereocenters. The smallest absolute Gasteiger partial charge is 0.224 e. The fourth-order valence-corrected chi connectivity index (χ4v) is 1.52. The molecule has 1 amide bonds. The lowest BCUT2D eigenvalue weighted by molar-refractivity contribution is -0.116. The van der Waals surface area contributed by atoms with Gasteiger partial charge in [-0.25, -0.2) is 0 Å². The number of unbranched alkanes of at least 4 members (excludes halogenated alkanes) is 1. The Balaban J connectivity index is 2.27. The van der Waals surface area contributed by atoms with Crippen LogP contribution in [0.2, 0.25) is 0 Å². The number of thiophene rings is 1. The molecule has 0 saturated heterocycles. The van der Waals surface area contributed by atoms with Crippen LogP contribution in [-0.2, 0) is 4.79 Å². The number of anilines is 1. The third kappa shape index (κ3) is 3.05. The molecule has 0 unspecified atom stereocenters. The van der Waals surface area contributed by atoms with Crippen LogP contribution in [0.4, 0.5) is 5.00 Å². The zero-order valence-electron chi connectivity index (χ0n) is 7.17. The number of amides is 1. The van der Waals surface area contributed by atoms with Gasteiger partial charge in [0.05, 0.1) is 5.00 Å². The maximum atomic E-state index is 11.2. The van der Waals surface area contributed by atoms with Gasteiger partial charge in [-0.15, -0.1) is 11.3 Å². The third-order valence-electron chi connectivity index (χ3n) is 1.54. The summed E-state index contributed by atoms with van der Waals surface area (Å²) < 4.78 is 0. The second kappa shape index (κ2) is 4.93. The topological polar surface area (TPSA) is 29.1 Å². The summed E-state index contributed by atoms with van der Waals surface area (Å²) >= 11 is 1.55. The average Bonchev–Trinajstić information content (AvgIpc) is 2.53. The first-order valence-electron chi connectivity index (χ1n) is 4.16. The number of carbonyl (C=O) groups excluding carboxylic acids is 1. The highest BCUT2D eigenvalue weighted by Crippen LogP contribution is 2.15. The molecule has 0 fully saturated rings. The van der Waals surface area contributed by atoms with E-state index in [1.165, 1.54) is 0 Å². The van der Waals surface area contributed by atoms with Crippen LogP contribution in [0.3, 0.4) is 0 Å². The van der Waals surface area contributed by atoms with E-state index >= 15 is 0 Å². The minimum absolute atomic E-state index is 0.124. The molecule has 12 heavy (non-hydrogen) atoms. The highest BCUT2D eigenvalue weighted by atomic mass is 32.1. The zero-order chi connectivity index (χ0) is 8.81. The van der Waals surface area contributed by atoms with Crippen molar-refractivity contribution in [3.05, 3.63) is 17.5 Å². The molecule has 0 saturated carbocycles. The summed E-state index contributed by atoms with van der Waals surface area (Å²) in [7, 11) is 0. The molecule has 0 aliphatic heterocycles. The Morgan fingerprint density at radius 3 is 3.08 bits per heavy atom. The first-order chi connectivity index (χ1) is 5.83. The van der Waals surface area contributed by atoms with Crippen molar-refractivity contribution in [2.24, 2.45) is 0 Å². The monoisotopic (exact) mass is 183 g/mol. The van der Waals surface area contributed by atoms with Crippen molar-refractivity contribution in [1.29, 1.82) is 0 Å². The molecule has 66 valence electrons. The highest BCUT2D eigenvalue weighted by Gasteiger charge is 2.00. The maximum Gasteiger partial charge on any atom is 0.224 e. The fourth-order valence-electron chi connectivity index (χ4n) is 0.887. The van der Waals surface area contributed by atoms with Gasteiger partial charge in [0.2, 0.25) is 5.91 Å². The van der Waals surface area contributed by atoms with Crippen molar-refractivity contribution in [2.45, 2.75) is 26.2 Å². The second-order valence-corrected chi connectivity index (χ2v) is 3.58. The summed E-state index contributed by atoms with van der Waals surface area (Å²) in [5, 5.41) is 5.73. The first-order valence-corrected chi connectivity index (χ1v) is 5.04. The van der Waals surface area contributed by atoms with Gasteiger partial charge in [-0.05, 0) is 23.9 Å². The van der Waals surface area contributed by atoms with Gasteiger partial charge in [-0.1, -0.05) is 13.3 Å². The van der Waals surface area contributed by atoms with Crippen LogP contribution >= 0.6 is 11.3 Å². The number of carbonyl (C=O) groups is 1. The van der Waals surface area contributed by atoms with Gasteiger partial charge in [-0.3, -0.25) is 4.79 Å². The predicted molar refractivity (Wildman–Crippen MR) is 52.5 cm³/mol. The Morgan fingerprint density at radius 1 is 1.67 bits per heavy atom. The zero-order valence-corrected chi connectivity index (χ0v) is 7.99. The van der Waals surface area contributed by atoms with Gasteiger partial charge >= 0.3 is 0 Å². The van der Waals surface area contributed by atoms with Crippen LogP contribution in [0.5, 0.6) is 0 Å². The molecule has 3 heteroatoms. The summed E-state index contributed by atoms with van der Waals surface area (Å²) in [4.78, 5) is 11.2. The van der Waals surface area contributed by atoms with E-state index in [0.717, 1.165) is 17.8 Å². The first kappa shape index (κ1) is 9.26. The largest absolute Gasteiger partial charge is 0.318 e. The number of rotatable bonds is 4. The number of nitrogens with one attached hydrogen (secondary N) is 1. The van der Waals surface area contributed by atoms with Crippen molar-refractivity contribution < 1.29 is 4.79 Å². The van der Waals surface area contributed by atoms with Gasteiger partial charge < -0.3 is 5.32 Å². The molecule has 0 aliphatic carbocycles.